The van der Waals surface area contributed by atoms with Crippen LogP contribution in [-0.4, -0.2) is 31.9 Å². The van der Waals surface area contributed by atoms with Crippen molar-refractivity contribution in [3.8, 4) is 5.75 Å². The number of benzene rings is 1. The second kappa shape index (κ2) is 10.3. The molecule has 1 N–H and O–H groups in total. The molecule has 0 saturated heterocycles. The number of nitrogens with one attached hydrogen (secondary N) is 1. The monoisotopic (exact) mass is 333 g/mol. The van der Waals surface area contributed by atoms with Gasteiger partial charge in [0.05, 0.1) is 5.02 Å². The Morgan fingerprint density at radius 3 is 2.62 bits per heavy atom. The molecule has 1 aromatic rings. The first kappa shape index (κ1) is 18.6. The highest BCUT2D eigenvalue weighted by atomic mass is 35.5. The fourth-order valence-electron chi connectivity index (χ4n) is 1.70. The van der Waals surface area contributed by atoms with E-state index in [-0.39, 0.29) is 6.10 Å². The van der Waals surface area contributed by atoms with E-state index in [0.29, 0.717) is 28.4 Å². The summed E-state index contributed by atoms with van der Waals surface area (Å²) < 4.78 is 11.6. The van der Waals surface area contributed by atoms with Crippen LogP contribution in [0.2, 0.25) is 10.0 Å². The molecule has 3 nitrogen and oxygen atoms in total. The lowest BCUT2D eigenvalue weighted by molar-refractivity contribution is 0.0185. The second-order valence-electron chi connectivity index (χ2n) is 5.30. The van der Waals surface area contributed by atoms with Crippen LogP contribution in [0.1, 0.15) is 33.6 Å². The van der Waals surface area contributed by atoms with Gasteiger partial charge in [-0.1, -0.05) is 50.4 Å². The Hall–Kier alpha value is -0.480. The summed E-state index contributed by atoms with van der Waals surface area (Å²) in [6.07, 6.45) is 2.18. The molecule has 0 heterocycles. The van der Waals surface area contributed by atoms with Crippen LogP contribution >= 0.6 is 23.2 Å². The van der Waals surface area contributed by atoms with E-state index in [1.807, 2.05) is 0 Å². The standard InChI is InChI=1S/C16H25Cl2NO2/c1-4-5-8-20-14(10-19-12(2)3)11-21-16-7-6-13(17)9-15(16)18/h6-7,9,12,14,19H,4-5,8,10-11H2,1-3H3. The maximum atomic E-state index is 6.10. The molecular weight excluding hydrogens is 309 g/mol. The van der Waals surface area contributed by atoms with Crippen molar-refractivity contribution >= 4 is 23.2 Å². The molecule has 0 saturated carbocycles. The van der Waals surface area contributed by atoms with Gasteiger partial charge >= 0.3 is 0 Å². The molecule has 120 valence electrons. The summed E-state index contributed by atoms with van der Waals surface area (Å²) >= 11 is 12.0. The summed E-state index contributed by atoms with van der Waals surface area (Å²) in [6.45, 7) is 8.34. The molecule has 21 heavy (non-hydrogen) atoms. The third kappa shape index (κ3) is 7.91. The molecule has 0 fully saturated rings. The Labute approximate surface area is 137 Å². The lowest BCUT2D eigenvalue weighted by atomic mass is 10.3. The van der Waals surface area contributed by atoms with Crippen LogP contribution in [0.3, 0.4) is 0 Å². The zero-order chi connectivity index (χ0) is 15.7. The molecule has 1 rings (SSSR count). The van der Waals surface area contributed by atoms with Gasteiger partial charge in [-0.15, -0.1) is 0 Å². The van der Waals surface area contributed by atoms with Crippen molar-refractivity contribution in [2.45, 2.75) is 45.8 Å². The highest BCUT2D eigenvalue weighted by Gasteiger charge is 2.12. The molecule has 1 atom stereocenters. The van der Waals surface area contributed by atoms with Gasteiger partial charge in [0.25, 0.3) is 0 Å². The molecule has 1 aromatic carbocycles. The van der Waals surface area contributed by atoms with Crippen LogP contribution in [0.4, 0.5) is 0 Å². The summed E-state index contributed by atoms with van der Waals surface area (Å²) in [7, 11) is 0. The predicted octanol–water partition coefficient (Wildman–Crippen LogP) is 4.56. The smallest absolute Gasteiger partial charge is 0.138 e. The van der Waals surface area contributed by atoms with Crippen LogP contribution in [0.25, 0.3) is 0 Å². The van der Waals surface area contributed by atoms with Crippen molar-refractivity contribution in [2.75, 3.05) is 19.8 Å². The maximum Gasteiger partial charge on any atom is 0.138 e. The summed E-state index contributed by atoms with van der Waals surface area (Å²) in [5.74, 6) is 0.634. The van der Waals surface area contributed by atoms with E-state index < -0.39 is 0 Å². The average molecular weight is 334 g/mol. The van der Waals surface area contributed by atoms with Crippen molar-refractivity contribution in [1.29, 1.82) is 0 Å². The Balaban J connectivity index is 2.49. The van der Waals surface area contributed by atoms with E-state index in [0.717, 1.165) is 26.0 Å². The fourth-order valence-corrected chi connectivity index (χ4v) is 2.17. The molecular formula is C16H25Cl2NO2. The molecule has 0 aliphatic carbocycles. The highest BCUT2D eigenvalue weighted by Crippen LogP contribution is 2.27. The summed E-state index contributed by atoms with van der Waals surface area (Å²) in [4.78, 5) is 0. The predicted molar refractivity (Wildman–Crippen MR) is 89.7 cm³/mol. The minimum absolute atomic E-state index is 0.00527. The van der Waals surface area contributed by atoms with Gasteiger partial charge in [0.15, 0.2) is 0 Å². The van der Waals surface area contributed by atoms with Gasteiger partial charge in [0, 0.05) is 24.2 Å². The Morgan fingerprint density at radius 1 is 1.24 bits per heavy atom. The van der Waals surface area contributed by atoms with E-state index >= 15 is 0 Å². The number of hydrogen-bond donors (Lipinski definition) is 1. The summed E-state index contributed by atoms with van der Waals surface area (Å²) in [5, 5.41) is 4.49. The van der Waals surface area contributed by atoms with Crippen molar-refractivity contribution in [2.24, 2.45) is 0 Å². The third-order valence-electron chi connectivity index (χ3n) is 2.92. The van der Waals surface area contributed by atoms with Crippen LogP contribution in [0.15, 0.2) is 18.2 Å². The number of halogens is 2. The van der Waals surface area contributed by atoms with Gasteiger partial charge in [-0.25, -0.2) is 0 Å². The lowest BCUT2D eigenvalue weighted by Gasteiger charge is -2.21. The molecule has 5 heteroatoms. The van der Waals surface area contributed by atoms with Gasteiger partial charge < -0.3 is 14.8 Å². The van der Waals surface area contributed by atoms with E-state index in [9.17, 15) is 0 Å². The topological polar surface area (TPSA) is 30.5 Å². The van der Waals surface area contributed by atoms with Gasteiger partial charge in [-0.05, 0) is 24.6 Å². The Morgan fingerprint density at radius 2 is 2.00 bits per heavy atom. The first-order valence-corrected chi connectivity index (χ1v) is 8.21. The molecule has 0 bridgehead atoms. The van der Waals surface area contributed by atoms with E-state index in [4.69, 9.17) is 32.7 Å². The SMILES string of the molecule is CCCCOC(CNC(C)C)COc1ccc(Cl)cc1Cl. The second-order valence-corrected chi connectivity index (χ2v) is 6.14. The van der Waals surface area contributed by atoms with E-state index in [2.05, 4.69) is 26.1 Å². The van der Waals surface area contributed by atoms with E-state index in [1.165, 1.54) is 0 Å². The Bertz CT molecular complexity index is 413. The average Bonchev–Trinajstić information content (AvgIpc) is 2.42. The first-order chi connectivity index (χ1) is 10.0. The molecule has 0 aliphatic heterocycles. The van der Waals surface area contributed by atoms with E-state index in [1.54, 1.807) is 18.2 Å². The molecule has 0 amide bonds. The van der Waals surface area contributed by atoms with Crippen LogP contribution in [0, 0.1) is 0 Å². The molecule has 0 aliphatic rings. The van der Waals surface area contributed by atoms with Crippen molar-refractivity contribution in [3.05, 3.63) is 28.2 Å². The van der Waals surface area contributed by atoms with Gasteiger partial charge in [-0.3, -0.25) is 0 Å². The van der Waals surface area contributed by atoms with Crippen LogP contribution in [-0.2, 0) is 4.74 Å². The van der Waals surface area contributed by atoms with Crippen molar-refractivity contribution < 1.29 is 9.47 Å². The first-order valence-electron chi connectivity index (χ1n) is 7.45. The largest absolute Gasteiger partial charge is 0.489 e. The quantitative estimate of drug-likeness (QED) is 0.637. The number of hydrogen-bond acceptors (Lipinski definition) is 3. The van der Waals surface area contributed by atoms with Gasteiger partial charge in [0.2, 0.25) is 0 Å². The molecule has 1 unspecified atom stereocenters. The number of rotatable bonds is 10. The molecule has 0 spiro atoms. The van der Waals surface area contributed by atoms with Crippen LogP contribution in [0.5, 0.6) is 5.75 Å². The van der Waals surface area contributed by atoms with Crippen LogP contribution < -0.4 is 10.1 Å². The van der Waals surface area contributed by atoms with Crippen molar-refractivity contribution in [1.82, 2.24) is 5.32 Å². The zero-order valence-corrected chi connectivity index (χ0v) is 14.5. The fraction of sp³-hybridized carbons (Fsp3) is 0.625. The summed E-state index contributed by atoms with van der Waals surface area (Å²) in [5.41, 5.74) is 0. The maximum absolute atomic E-state index is 6.10. The molecule has 0 radical (unpaired) electrons. The number of ether oxygens (including phenoxy) is 2. The third-order valence-corrected chi connectivity index (χ3v) is 3.45. The lowest BCUT2D eigenvalue weighted by Crippen LogP contribution is -2.37. The highest BCUT2D eigenvalue weighted by molar-refractivity contribution is 6.35. The Kier molecular flexibility index (Phi) is 9.09. The minimum Gasteiger partial charge on any atom is -0.489 e. The van der Waals surface area contributed by atoms with Crippen molar-refractivity contribution in [3.63, 3.8) is 0 Å². The zero-order valence-electron chi connectivity index (χ0n) is 13.0. The van der Waals surface area contributed by atoms with Gasteiger partial charge in [0.1, 0.15) is 18.5 Å². The van der Waals surface area contributed by atoms with Gasteiger partial charge in [-0.2, -0.15) is 0 Å². The molecule has 0 aromatic heterocycles. The number of unbranched alkanes of at least 4 members (excludes halogenated alkanes) is 1. The minimum atomic E-state index is 0.00527. The summed E-state index contributed by atoms with van der Waals surface area (Å²) in [6, 6.07) is 5.64. The normalized spacial score (nSPS) is 12.7.